The van der Waals surface area contributed by atoms with Gasteiger partial charge in [0.15, 0.2) is 5.82 Å². The van der Waals surface area contributed by atoms with Crippen molar-refractivity contribution in [3.8, 4) is 11.4 Å². The summed E-state index contributed by atoms with van der Waals surface area (Å²) in [6.07, 6.45) is 1.67. The van der Waals surface area contributed by atoms with Crippen LogP contribution >= 0.6 is 0 Å². The second kappa shape index (κ2) is 3.63. The van der Waals surface area contributed by atoms with E-state index in [0.717, 1.165) is 35.9 Å². The number of aryl methyl sites for hydroxylation is 1. The SMILES string of the molecule is CCc1nc2n(n1)-c1ccccc1OCC2. The Morgan fingerprint density at radius 2 is 2.25 bits per heavy atom. The average molecular weight is 215 g/mol. The smallest absolute Gasteiger partial charge is 0.151 e. The molecule has 82 valence electrons. The summed E-state index contributed by atoms with van der Waals surface area (Å²) in [6, 6.07) is 7.95. The van der Waals surface area contributed by atoms with Crippen LogP contribution in [0.2, 0.25) is 0 Å². The number of nitrogens with zero attached hydrogens (tertiary/aromatic N) is 3. The fourth-order valence-corrected chi connectivity index (χ4v) is 1.90. The van der Waals surface area contributed by atoms with Gasteiger partial charge in [0.25, 0.3) is 0 Å². The number of rotatable bonds is 1. The van der Waals surface area contributed by atoms with Crippen LogP contribution in [0.25, 0.3) is 5.69 Å². The highest BCUT2D eigenvalue weighted by Gasteiger charge is 2.17. The highest BCUT2D eigenvalue weighted by atomic mass is 16.5. The average Bonchev–Trinajstić information content (AvgIpc) is 2.66. The first kappa shape index (κ1) is 9.39. The van der Waals surface area contributed by atoms with Crippen LogP contribution in [-0.2, 0) is 12.8 Å². The lowest BCUT2D eigenvalue weighted by atomic mass is 10.3. The molecule has 0 atom stereocenters. The van der Waals surface area contributed by atoms with E-state index in [1.165, 1.54) is 0 Å². The predicted octanol–water partition coefficient (Wildman–Crippen LogP) is 1.76. The van der Waals surface area contributed by atoms with Crippen molar-refractivity contribution in [2.24, 2.45) is 0 Å². The lowest BCUT2D eigenvalue weighted by molar-refractivity contribution is 0.325. The van der Waals surface area contributed by atoms with Crippen molar-refractivity contribution in [3.05, 3.63) is 35.9 Å². The number of benzene rings is 1. The Balaban J connectivity index is 2.20. The van der Waals surface area contributed by atoms with Gasteiger partial charge in [0, 0.05) is 12.8 Å². The molecular weight excluding hydrogens is 202 g/mol. The molecule has 0 radical (unpaired) electrons. The van der Waals surface area contributed by atoms with Crippen LogP contribution in [0.15, 0.2) is 24.3 Å². The van der Waals surface area contributed by atoms with E-state index >= 15 is 0 Å². The van der Waals surface area contributed by atoms with Gasteiger partial charge in [-0.15, -0.1) is 0 Å². The lowest BCUT2D eigenvalue weighted by Gasteiger charge is -2.06. The normalized spacial score (nSPS) is 13.6. The molecule has 0 N–H and O–H groups in total. The van der Waals surface area contributed by atoms with Crippen molar-refractivity contribution >= 4 is 0 Å². The molecule has 4 heteroatoms. The zero-order valence-electron chi connectivity index (χ0n) is 9.18. The van der Waals surface area contributed by atoms with E-state index in [-0.39, 0.29) is 0 Å². The largest absolute Gasteiger partial charge is 0.491 e. The molecule has 0 spiro atoms. The number of aromatic nitrogens is 3. The summed E-state index contributed by atoms with van der Waals surface area (Å²) in [7, 11) is 0. The molecule has 1 aliphatic heterocycles. The van der Waals surface area contributed by atoms with Crippen LogP contribution in [0.3, 0.4) is 0 Å². The van der Waals surface area contributed by atoms with Crippen LogP contribution in [0.4, 0.5) is 0 Å². The van der Waals surface area contributed by atoms with Crippen molar-refractivity contribution in [1.82, 2.24) is 14.8 Å². The molecule has 2 heterocycles. The van der Waals surface area contributed by atoms with Crippen LogP contribution in [0.1, 0.15) is 18.6 Å². The summed E-state index contributed by atoms with van der Waals surface area (Å²) in [6.45, 7) is 2.73. The third kappa shape index (κ3) is 1.38. The van der Waals surface area contributed by atoms with E-state index < -0.39 is 0 Å². The zero-order chi connectivity index (χ0) is 11.0. The van der Waals surface area contributed by atoms with Crippen molar-refractivity contribution in [2.75, 3.05) is 6.61 Å². The summed E-state index contributed by atoms with van der Waals surface area (Å²) in [5.74, 6) is 2.77. The van der Waals surface area contributed by atoms with Crippen molar-refractivity contribution in [2.45, 2.75) is 19.8 Å². The monoisotopic (exact) mass is 215 g/mol. The molecule has 3 rings (SSSR count). The van der Waals surface area contributed by atoms with Gasteiger partial charge in [-0.25, -0.2) is 9.67 Å². The van der Waals surface area contributed by atoms with Gasteiger partial charge in [-0.2, -0.15) is 5.10 Å². The Bertz CT molecular complexity index is 519. The number of hydrogen-bond donors (Lipinski definition) is 0. The van der Waals surface area contributed by atoms with E-state index in [9.17, 15) is 0 Å². The molecular formula is C12H13N3O. The molecule has 1 aliphatic rings. The zero-order valence-corrected chi connectivity index (χ0v) is 9.18. The highest BCUT2D eigenvalue weighted by molar-refractivity contribution is 5.47. The second-order valence-electron chi connectivity index (χ2n) is 3.78. The summed E-state index contributed by atoms with van der Waals surface area (Å²) in [5, 5.41) is 4.50. The third-order valence-corrected chi connectivity index (χ3v) is 2.71. The molecule has 0 saturated heterocycles. The van der Waals surface area contributed by atoms with Gasteiger partial charge >= 0.3 is 0 Å². The molecule has 0 amide bonds. The molecule has 0 fully saturated rings. The van der Waals surface area contributed by atoms with Gasteiger partial charge in [0.05, 0.1) is 6.61 Å². The van der Waals surface area contributed by atoms with Gasteiger partial charge in [-0.3, -0.25) is 0 Å². The van der Waals surface area contributed by atoms with E-state index in [2.05, 4.69) is 17.0 Å². The Morgan fingerprint density at radius 3 is 3.12 bits per heavy atom. The third-order valence-electron chi connectivity index (χ3n) is 2.71. The Kier molecular flexibility index (Phi) is 2.13. The van der Waals surface area contributed by atoms with Gasteiger partial charge in [0.1, 0.15) is 17.3 Å². The van der Waals surface area contributed by atoms with Gasteiger partial charge in [-0.1, -0.05) is 19.1 Å². The highest BCUT2D eigenvalue weighted by Crippen LogP contribution is 2.25. The number of ether oxygens (including phenoxy) is 1. The fourth-order valence-electron chi connectivity index (χ4n) is 1.90. The van der Waals surface area contributed by atoms with Gasteiger partial charge in [0.2, 0.25) is 0 Å². The van der Waals surface area contributed by atoms with Crippen LogP contribution < -0.4 is 4.74 Å². The standard InChI is InChI=1S/C12H13N3O/c1-2-11-13-12-7-8-16-10-6-4-3-5-9(10)15(12)14-11/h3-6H,2,7-8H2,1H3. The Morgan fingerprint density at radius 1 is 1.38 bits per heavy atom. The van der Waals surface area contributed by atoms with E-state index in [0.29, 0.717) is 6.61 Å². The number of fused-ring (bicyclic) bond motifs is 3. The number of hydrogen-bond acceptors (Lipinski definition) is 3. The molecule has 2 aromatic rings. The van der Waals surface area contributed by atoms with Gasteiger partial charge in [-0.05, 0) is 12.1 Å². The maximum Gasteiger partial charge on any atom is 0.151 e. The molecule has 16 heavy (non-hydrogen) atoms. The van der Waals surface area contributed by atoms with Crippen LogP contribution in [0.5, 0.6) is 5.75 Å². The first-order valence-electron chi connectivity index (χ1n) is 5.55. The van der Waals surface area contributed by atoms with E-state index in [4.69, 9.17) is 4.74 Å². The minimum absolute atomic E-state index is 0.666. The molecule has 0 aliphatic carbocycles. The molecule has 1 aromatic heterocycles. The van der Waals surface area contributed by atoms with Gasteiger partial charge < -0.3 is 4.74 Å². The van der Waals surface area contributed by atoms with Crippen molar-refractivity contribution < 1.29 is 4.74 Å². The maximum absolute atomic E-state index is 5.66. The van der Waals surface area contributed by atoms with Crippen molar-refractivity contribution in [1.29, 1.82) is 0 Å². The van der Waals surface area contributed by atoms with Crippen LogP contribution in [-0.4, -0.2) is 21.4 Å². The van der Waals surface area contributed by atoms with E-state index in [1.807, 2.05) is 28.9 Å². The minimum Gasteiger partial charge on any atom is -0.491 e. The molecule has 1 aromatic carbocycles. The summed E-state index contributed by atoms with van der Waals surface area (Å²) in [4.78, 5) is 4.50. The summed E-state index contributed by atoms with van der Waals surface area (Å²) >= 11 is 0. The summed E-state index contributed by atoms with van der Waals surface area (Å²) in [5.41, 5.74) is 0.988. The van der Waals surface area contributed by atoms with E-state index in [1.54, 1.807) is 0 Å². The second-order valence-corrected chi connectivity index (χ2v) is 3.78. The first-order valence-corrected chi connectivity index (χ1v) is 5.55. The molecule has 0 bridgehead atoms. The lowest BCUT2D eigenvalue weighted by Crippen LogP contribution is -2.01. The fraction of sp³-hybridized carbons (Fsp3) is 0.333. The summed E-state index contributed by atoms with van der Waals surface area (Å²) < 4.78 is 7.57. The molecule has 4 nitrogen and oxygen atoms in total. The minimum atomic E-state index is 0.666. The predicted molar refractivity (Wildman–Crippen MR) is 59.9 cm³/mol. The van der Waals surface area contributed by atoms with Crippen molar-refractivity contribution in [3.63, 3.8) is 0 Å². The Hall–Kier alpha value is -1.84. The maximum atomic E-state index is 5.66. The van der Waals surface area contributed by atoms with Crippen LogP contribution in [0, 0.1) is 0 Å². The molecule has 0 saturated carbocycles. The first-order chi connectivity index (χ1) is 7.88. The topological polar surface area (TPSA) is 39.9 Å². The molecule has 0 unspecified atom stereocenters. The number of para-hydroxylation sites is 2. The quantitative estimate of drug-likeness (QED) is 0.727. The Labute approximate surface area is 93.9 Å².